The Kier molecular flexibility index (Phi) is 3.85. The van der Waals surface area contributed by atoms with Crippen LogP contribution in [0.2, 0.25) is 0 Å². The lowest BCUT2D eigenvalue weighted by Gasteiger charge is -2.50. The van der Waals surface area contributed by atoms with Crippen molar-refractivity contribution >= 4 is 0 Å². The zero-order valence-corrected chi connectivity index (χ0v) is 10.1. The summed E-state index contributed by atoms with van der Waals surface area (Å²) in [4.78, 5) is 0. The highest BCUT2D eigenvalue weighted by molar-refractivity contribution is 5.39. The Morgan fingerprint density at radius 2 is 0.696 bits per heavy atom. The second-order valence-corrected chi connectivity index (χ2v) is 4.61. The fourth-order valence-corrected chi connectivity index (χ4v) is 2.42. The molecule has 23 heavy (non-hydrogen) atoms. The second-order valence-electron chi connectivity index (χ2n) is 4.61. The molecule has 2 unspecified atom stereocenters. The SMILES string of the molecule is OC1(C(F)(F)F)C=CC(O)(C(F)(F)F)C1(C(F)(F)F)C(F)(F)F. The maximum Gasteiger partial charge on any atom is 0.422 e. The van der Waals surface area contributed by atoms with Gasteiger partial charge in [0, 0.05) is 0 Å². The molecular weight excluding hydrogens is 368 g/mol. The molecule has 0 spiro atoms. The van der Waals surface area contributed by atoms with Crippen molar-refractivity contribution in [1.82, 2.24) is 0 Å². The fourth-order valence-electron chi connectivity index (χ4n) is 2.42. The Labute approximate surface area is 118 Å². The summed E-state index contributed by atoms with van der Waals surface area (Å²) in [6, 6.07) is 0. The van der Waals surface area contributed by atoms with E-state index in [1.165, 1.54) is 0 Å². The van der Waals surface area contributed by atoms with E-state index >= 15 is 0 Å². The third kappa shape index (κ3) is 2.06. The van der Waals surface area contributed by atoms with Gasteiger partial charge >= 0.3 is 24.7 Å². The minimum atomic E-state index is -7.39. The van der Waals surface area contributed by atoms with Gasteiger partial charge in [-0.15, -0.1) is 0 Å². The Morgan fingerprint density at radius 3 is 0.826 bits per heavy atom. The maximum atomic E-state index is 12.9. The van der Waals surface area contributed by atoms with E-state index in [1.807, 2.05) is 0 Å². The van der Waals surface area contributed by atoms with Gasteiger partial charge in [-0.2, -0.15) is 52.7 Å². The van der Waals surface area contributed by atoms with Crippen LogP contribution in [0.15, 0.2) is 12.2 Å². The molecule has 0 amide bonds. The standard InChI is InChI=1S/C9H4F12O2/c10-6(11,12)3(22)1-2-4(23,7(13,14)15)5(3,8(16,17)18)9(19,20)21/h1-2,22-23H. The van der Waals surface area contributed by atoms with Crippen LogP contribution in [0.25, 0.3) is 0 Å². The largest absolute Gasteiger partial charge is 0.422 e. The summed E-state index contributed by atoms with van der Waals surface area (Å²) in [5, 5.41) is 18.0. The molecular formula is C9H4F12O2. The van der Waals surface area contributed by atoms with Crippen LogP contribution in [0, 0.1) is 5.41 Å². The number of hydrogen-bond acceptors (Lipinski definition) is 2. The molecule has 136 valence electrons. The molecule has 2 N–H and O–H groups in total. The highest BCUT2D eigenvalue weighted by Gasteiger charge is 2.97. The summed E-state index contributed by atoms with van der Waals surface area (Å²) >= 11 is 0. The molecule has 1 aliphatic carbocycles. The summed E-state index contributed by atoms with van der Waals surface area (Å²) in [7, 11) is 0. The van der Waals surface area contributed by atoms with Crippen LogP contribution in [0.4, 0.5) is 52.7 Å². The smallest absolute Gasteiger partial charge is 0.376 e. The predicted octanol–water partition coefficient (Wildman–Crippen LogP) is 3.25. The van der Waals surface area contributed by atoms with Crippen LogP contribution >= 0.6 is 0 Å². The van der Waals surface area contributed by atoms with Gasteiger partial charge < -0.3 is 10.2 Å². The lowest BCUT2D eigenvalue weighted by atomic mass is 9.63. The van der Waals surface area contributed by atoms with Gasteiger partial charge in [0.05, 0.1) is 0 Å². The van der Waals surface area contributed by atoms with Gasteiger partial charge in [0.15, 0.2) is 0 Å². The number of hydrogen-bond donors (Lipinski definition) is 2. The highest BCUT2D eigenvalue weighted by Crippen LogP contribution is 2.71. The first-order valence-corrected chi connectivity index (χ1v) is 5.13. The van der Waals surface area contributed by atoms with Crippen molar-refractivity contribution in [2.75, 3.05) is 0 Å². The van der Waals surface area contributed by atoms with Crippen molar-refractivity contribution in [2.24, 2.45) is 5.41 Å². The summed E-state index contributed by atoms with van der Waals surface area (Å²) < 4.78 is 153. The molecule has 0 aromatic heterocycles. The van der Waals surface area contributed by atoms with Crippen molar-refractivity contribution in [3.63, 3.8) is 0 Å². The maximum absolute atomic E-state index is 12.9. The molecule has 0 aromatic carbocycles. The molecule has 0 heterocycles. The normalized spacial score (nSPS) is 32.4. The van der Waals surface area contributed by atoms with E-state index in [9.17, 15) is 52.7 Å². The Balaban J connectivity index is 4.07. The Bertz CT molecular complexity index is 463. The summed E-state index contributed by atoms with van der Waals surface area (Å²) in [5.41, 5.74) is -19.2. The zero-order chi connectivity index (χ0) is 18.9. The van der Waals surface area contributed by atoms with E-state index in [1.54, 1.807) is 0 Å². The first kappa shape index (κ1) is 19.9. The predicted molar refractivity (Wildman–Crippen MR) is 45.7 cm³/mol. The lowest BCUT2D eigenvalue weighted by Crippen LogP contribution is -2.78. The van der Waals surface area contributed by atoms with Gasteiger partial charge in [-0.1, -0.05) is 0 Å². The molecule has 0 bridgehead atoms. The molecule has 0 aliphatic heterocycles. The van der Waals surface area contributed by atoms with Crippen molar-refractivity contribution in [1.29, 1.82) is 0 Å². The van der Waals surface area contributed by atoms with E-state index < -0.39 is 53.5 Å². The van der Waals surface area contributed by atoms with E-state index in [0.717, 1.165) is 0 Å². The quantitative estimate of drug-likeness (QED) is 0.506. The van der Waals surface area contributed by atoms with Crippen molar-refractivity contribution in [3.8, 4) is 0 Å². The molecule has 0 fully saturated rings. The number of rotatable bonds is 0. The van der Waals surface area contributed by atoms with Crippen LogP contribution < -0.4 is 0 Å². The van der Waals surface area contributed by atoms with Crippen LogP contribution in [0.3, 0.4) is 0 Å². The molecule has 1 rings (SSSR count). The van der Waals surface area contributed by atoms with Crippen LogP contribution in [0.1, 0.15) is 0 Å². The van der Waals surface area contributed by atoms with Crippen molar-refractivity contribution in [2.45, 2.75) is 35.9 Å². The van der Waals surface area contributed by atoms with E-state index in [-0.39, 0.29) is 0 Å². The van der Waals surface area contributed by atoms with Gasteiger partial charge in [0.2, 0.25) is 16.6 Å². The molecule has 2 nitrogen and oxygen atoms in total. The van der Waals surface area contributed by atoms with Gasteiger partial charge in [0.25, 0.3) is 0 Å². The molecule has 0 saturated carbocycles. The molecule has 2 atom stereocenters. The monoisotopic (exact) mass is 372 g/mol. The van der Waals surface area contributed by atoms with Gasteiger partial charge in [-0.25, -0.2) is 0 Å². The Morgan fingerprint density at radius 1 is 0.478 bits per heavy atom. The topological polar surface area (TPSA) is 40.5 Å². The Hall–Kier alpha value is -1.18. The summed E-state index contributed by atoms with van der Waals surface area (Å²) in [5.74, 6) is 0. The van der Waals surface area contributed by atoms with E-state index in [0.29, 0.717) is 0 Å². The second kappa shape index (κ2) is 4.46. The molecule has 0 radical (unpaired) electrons. The average molecular weight is 372 g/mol. The summed E-state index contributed by atoms with van der Waals surface area (Å²) in [6.07, 6.45) is -31.3. The third-order valence-corrected chi connectivity index (χ3v) is 3.42. The minimum Gasteiger partial charge on any atom is -0.376 e. The van der Waals surface area contributed by atoms with Crippen LogP contribution in [-0.2, 0) is 0 Å². The molecule has 0 aromatic rings. The van der Waals surface area contributed by atoms with Crippen LogP contribution in [0.5, 0.6) is 0 Å². The van der Waals surface area contributed by atoms with Gasteiger partial charge in [0.1, 0.15) is 0 Å². The molecule has 0 saturated heterocycles. The lowest BCUT2D eigenvalue weighted by molar-refractivity contribution is -0.471. The van der Waals surface area contributed by atoms with Crippen molar-refractivity contribution in [3.05, 3.63) is 12.2 Å². The number of aliphatic hydroxyl groups is 2. The van der Waals surface area contributed by atoms with E-state index in [2.05, 4.69) is 0 Å². The van der Waals surface area contributed by atoms with E-state index in [4.69, 9.17) is 10.2 Å². The minimum absolute atomic E-state index is 1.40. The first-order valence-electron chi connectivity index (χ1n) is 5.13. The third-order valence-electron chi connectivity index (χ3n) is 3.42. The van der Waals surface area contributed by atoms with Gasteiger partial charge in [-0.05, 0) is 12.2 Å². The number of halogens is 12. The number of alkyl halides is 12. The fraction of sp³-hybridized carbons (Fsp3) is 0.778. The van der Waals surface area contributed by atoms with Crippen LogP contribution in [-0.4, -0.2) is 46.1 Å². The highest BCUT2D eigenvalue weighted by atomic mass is 19.4. The summed E-state index contributed by atoms with van der Waals surface area (Å²) in [6.45, 7) is 0. The van der Waals surface area contributed by atoms with Crippen molar-refractivity contribution < 1.29 is 62.9 Å². The molecule has 14 heteroatoms. The average Bonchev–Trinajstić information content (AvgIpc) is 2.46. The first-order chi connectivity index (χ1) is 9.71. The zero-order valence-electron chi connectivity index (χ0n) is 10.1. The molecule has 1 aliphatic rings. The van der Waals surface area contributed by atoms with Gasteiger partial charge in [-0.3, -0.25) is 0 Å².